The maximum Gasteiger partial charge on any atom is 0.227 e. The lowest BCUT2D eigenvalue weighted by Crippen LogP contribution is -2.17. The Morgan fingerprint density at radius 3 is 3.05 bits per heavy atom. The SMILES string of the molecule is CCOc1cccc(CNCCc2ncno2)c1O. The van der Waals surface area contributed by atoms with E-state index in [-0.39, 0.29) is 5.75 Å². The Hall–Kier alpha value is -2.08. The fourth-order valence-electron chi connectivity index (χ4n) is 1.71. The van der Waals surface area contributed by atoms with Crippen LogP contribution in [0.1, 0.15) is 18.4 Å². The first-order chi connectivity index (χ1) is 9.31. The molecular weight excluding hydrogens is 246 g/mol. The van der Waals surface area contributed by atoms with Crippen molar-refractivity contribution >= 4 is 0 Å². The number of para-hydroxylation sites is 1. The Kier molecular flexibility index (Phi) is 4.74. The summed E-state index contributed by atoms with van der Waals surface area (Å²) in [6.07, 6.45) is 2.04. The van der Waals surface area contributed by atoms with E-state index in [1.165, 1.54) is 6.33 Å². The minimum atomic E-state index is 0.189. The number of phenolic OH excluding ortho intramolecular Hbond substituents is 1. The highest BCUT2D eigenvalue weighted by atomic mass is 16.5. The summed E-state index contributed by atoms with van der Waals surface area (Å²) in [5, 5.41) is 16.7. The molecule has 0 aliphatic carbocycles. The topological polar surface area (TPSA) is 80.4 Å². The molecule has 2 aromatic rings. The van der Waals surface area contributed by atoms with E-state index in [9.17, 15) is 5.11 Å². The van der Waals surface area contributed by atoms with E-state index in [0.717, 1.165) is 5.56 Å². The molecule has 2 rings (SSSR count). The number of rotatable bonds is 7. The molecule has 1 heterocycles. The van der Waals surface area contributed by atoms with Gasteiger partial charge in [-0.25, -0.2) is 0 Å². The second-order valence-electron chi connectivity index (χ2n) is 3.96. The van der Waals surface area contributed by atoms with Gasteiger partial charge in [0.25, 0.3) is 0 Å². The summed E-state index contributed by atoms with van der Waals surface area (Å²) in [5.74, 6) is 1.30. The van der Waals surface area contributed by atoms with Crippen LogP contribution >= 0.6 is 0 Å². The predicted molar refractivity (Wildman–Crippen MR) is 69.0 cm³/mol. The van der Waals surface area contributed by atoms with Crippen LogP contribution in [0.15, 0.2) is 29.0 Å². The molecule has 0 atom stereocenters. The van der Waals surface area contributed by atoms with Gasteiger partial charge in [0.1, 0.15) is 0 Å². The van der Waals surface area contributed by atoms with Gasteiger partial charge in [-0.05, 0) is 13.0 Å². The first-order valence-corrected chi connectivity index (χ1v) is 6.21. The Labute approximate surface area is 111 Å². The Bertz CT molecular complexity index is 500. The summed E-state index contributed by atoms with van der Waals surface area (Å²) < 4.78 is 10.2. The number of hydrogen-bond acceptors (Lipinski definition) is 6. The molecule has 0 aliphatic rings. The van der Waals surface area contributed by atoms with Crippen molar-refractivity contribution in [2.24, 2.45) is 0 Å². The third-order valence-electron chi connectivity index (χ3n) is 2.62. The summed E-state index contributed by atoms with van der Waals surface area (Å²) in [5.41, 5.74) is 0.802. The van der Waals surface area contributed by atoms with Gasteiger partial charge in [-0.1, -0.05) is 17.3 Å². The molecule has 1 aromatic carbocycles. The Morgan fingerprint density at radius 2 is 2.32 bits per heavy atom. The highest BCUT2D eigenvalue weighted by molar-refractivity contribution is 5.45. The van der Waals surface area contributed by atoms with Crippen LogP contribution in [0.25, 0.3) is 0 Å². The number of aromatic hydroxyl groups is 1. The van der Waals surface area contributed by atoms with Crippen LogP contribution in [-0.4, -0.2) is 28.4 Å². The van der Waals surface area contributed by atoms with Crippen molar-refractivity contribution in [1.29, 1.82) is 0 Å². The van der Waals surface area contributed by atoms with E-state index in [4.69, 9.17) is 9.26 Å². The molecule has 0 bridgehead atoms. The van der Waals surface area contributed by atoms with E-state index < -0.39 is 0 Å². The van der Waals surface area contributed by atoms with Crippen molar-refractivity contribution < 1.29 is 14.4 Å². The molecule has 0 unspecified atom stereocenters. The minimum Gasteiger partial charge on any atom is -0.504 e. The van der Waals surface area contributed by atoms with E-state index in [1.54, 1.807) is 6.07 Å². The lowest BCUT2D eigenvalue weighted by Gasteiger charge is -2.10. The molecule has 2 N–H and O–H groups in total. The average molecular weight is 263 g/mol. The van der Waals surface area contributed by atoms with Crippen LogP contribution in [0.3, 0.4) is 0 Å². The molecule has 1 aromatic heterocycles. The van der Waals surface area contributed by atoms with Gasteiger partial charge in [0.2, 0.25) is 5.89 Å². The standard InChI is InChI=1S/C13H17N3O3/c1-2-18-11-5-3-4-10(13(11)17)8-14-7-6-12-15-9-16-19-12/h3-5,9,14,17H,2,6-8H2,1H3. The molecule has 6 heteroatoms. The van der Waals surface area contributed by atoms with Gasteiger partial charge in [-0.3, -0.25) is 0 Å². The van der Waals surface area contributed by atoms with Crippen molar-refractivity contribution in [2.45, 2.75) is 19.9 Å². The van der Waals surface area contributed by atoms with Gasteiger partial charge in [0, 0.05) is 25.1 Å². The lowest BCUT2D eigenvalue weighted by molar-refractivity contribution is 0.316. The van der Waals surface area contributed by atoms with Gasteiger partial charge in [0.05, 0.1) is 6.61 Å². The summed E-state index contributed by atoms with van der Waals surface area (Å²) in [7, 11) is 0. The minimum absolute atomic E-state index is 0.189. The molecule has 19 heavy (non-hydrogen) atoms. The van der Waals surface area contributed by atoms with Crippen molar-refractivity contribution in [3.8, 4) is 11.5 Å². The van der Waals surface area contributed by atoms with Crippen LogP contribution in [-0.2, 0) is 13.0 Å². The molecule has 0 fully saturated rings. The molecule has 0 radical (unpaired) electrons. The molecular formula is C13H17N3O3. The first kappa shape index (κ1) is 13.4. The molecule has 0 aliphatic heterocycles. The quantitative estimate of drug-likeness (QED) is 0.737. The van der Waals surface area contributed by atoms with Gasteiger partial charge in [-0.2, -0.15) is 4.98 Å². The number of benzene rings is 1. The molecule has 102 valence electrons. The molecule has 0 saturated carbocycles. The monoisotopic (exact) mass is 263 g/mol. The third-order valence-corrected chi connectivity index (χ3v) is 2.62. The number of aromatic nitrogens is 2. The van der Waals surface area contributed by atoms with Crippen LogP contribution < -0.4 is 10.1 Å². The number of ether oxygens (including phenoxy) is 1. The summed E-state index contributed by atoms with van der Waals surface area (Å²) in [6, 6.07) is 5.47. The highest BCUT2D eigenvalue weighted by Crippen LogP contribution is 2.29. The fourth-order valence-corrected chi connectivity index (χ4v) is 1.71. The third kappa shape index (κ3) is 3.69. The number of hydrogen-bond donors (Lipinski definition) is 2. The van der Waals surface area contributed by atoms with Crippen molar-refractivity contribution in [2.75, 3.05) is 13.2 Å². The van der Waals surface area contributed by atoms with Gasteiger partial charge >= 0.3 is 0 Å². The summed E-state index contributed by atoms with van der Waals surface area (Å²) in [6.45, 7) is 3.66. The summed E-state index contributed by atoms with van der Waals surface area (Å²) >= 11 is 0. The number of nitrogens with one attached hydrogen (secondary N) is 1. The lowest BCUT2D eigenvalue weighted by atomic mass is 10.2. The molecule has 0 spiro atoms. The molecule has 0 saturated heterocycles. The van der Waals surface area contributed by atoms with Crippen LogP contribution in [0.2, 0.25) is 0 Å². The van der Waals surface area contributed by atoms with Gasteiger partial charge < -0.3 is 19.7 Å². The second kappa shape index (κ2) is 6.75. The van der Waals surface area contributed by atoms with Gasteiger partial charge in [-0.15, -0.1) is 0 Å². The average Bonchev–Trinajstić information content (AvgIpc) is 2.92. The highest BCUT2D eigenvalue weighted by Gasteiger charge is 2.07. The van der Waals surface area contributed by atoms with E-state index in [1.807, 2.05) is 19.1 Å². The zero-order valence-corrected chi connectivity index (χ0v) is 10.8. The summed E-state index contributed by atoms with van der Waals surface area (Å²) in [4.78, 5) is 3.93. The van der Waals surface area contributed by atoms with Crippen molar-refractivity contribution in [3.63, 3.8) is 0 Å². The zero-order valence-electron chi connectivity index (χ0n) is 10.8. The zero-order chi connectivity index (χ0) is 13.5. The second-order valence-corrected chi connectivity index (χ2v) is 3.96. The van der Waals surface area contributed by atoms with E-state index >= 15 is 0 Å². The Balaban J connectivity index is 1.83. The fraction of sp³-hybridized carbons (Fsp3) is 0.385. The van der Waals surface area contributed by atoms with E-state index in [2.05, 4.69) is 15.5 Å². The molecule has 6 nitrogen and oxygen atoms in total. The van der Waals surface area contributed by atoms with Crippen LogP contribution in [0.5, 0.6) is 11.5 Å². The van der Waals surface area contributed by atoms with E-state index in [0.29, 0.717) is 37.8 Å². The van der Waals surface area contributed by atoms with Crippen molar-refractivity contribution in [1.82, 2.24) is 15.5 Å². The number of phenols is 1. The van der Waals surface area contributed by atoms with Crippen LogP contribution in [0, 0.1) is 0 Å². The predicted octanol–water partition coefficient (Wildman–Crippen LogP) is 1.51. The largest absolute Gasteiger partial charge is 0.504 e. The first-order valence-electron chi connectivity index (χ1n) is 6.21. The van der Waals surface area contributed by atoms with Crippen LogP contribution in [0.4, 0.5) is 0 Å². The van der Waals surface area contributed by atoms with Crippen molar-refractivity contribution in [3.05, 3.63) is 36.0 Å². The van der Waals surface area contributed by atoms with Gasteiger partial charge in [0.15, 0.2) is 17.8 Å². The molecule has 0 amide bonds. The normalized spacial score (nSPS) is 10.6. The number of nitrogens with zero attached hydrogens (tertiary/aromatic N) is 2. The Morgan fingerprint density at radius 1 is 1.42 bits per heavy atom. The maximum absolute atomic E-state index is 10.00. The smallest absolute Gasteiger partial charge is 0.227 e. The maximum atomic E-state index is 10.00.